The molecule has 1 aliphatic heterocycles. The Bertz CT molecular complexity index is 487. The molecule has 1 aromatic heterocycles. The van der Waals surface area contributed by atoms with Crippen LogP contribution in [0.4, 0.5) is 5.82 Å². The van der Waals surface area contributed by atoms with Gasteiger partial charge in [-0.15, -0.1) is 0 Å². The molecule has 0 radical (unpaired) electrons. The lowest BCUT2D eigenvalue weighted by molar-refractivity contribution is 0.480. The molecule has 0 bridgehead atoms. The quantitative estimate of drug-likeness (QED) is 0.789. The summed E-state index contributed by atoms with van der Waals surface area (Å²) in [5.41, 5.74) is 2.42. The Kier molecular flexibility index (Phi) is 2.17. The Morgan fingerprint density at radius 2 is 2.12 bits per heavy atom. The summed E-state index contributed by atoms with van der Waals surface area (Å²) in [4.78, 5) is 0. The van der Waals surface area contributed by atoms with Crippen molar-refractivity contribution in [3.63, 3.8) is 0 Å². The summed E-state index contributed by atoms with van der Waals surface area (Å²) < 4.78 is 2.11. The zero-order valence-corrected chi connectivity index (χ0v) is 9.35. The van der Waals surface area contributed by atoms with Crippen LogP contribution in [0.25, 0.3) is 0 Å². The first-order valence-electron chi connectivity index (χ1n) is 5.69. The number of hydrogen-bond acceptors (Lipinski definition) is 2. The van der Waals surface area contributed by atoms with Crippen molar-refractivity contribution in [1.82, 2.24) is 9.78 Å². The van der Waals surface area contributed by atoms with Crippen molar-refractivity contribution in [2.75, 3.05) is 11.9 Å². The molecule has 3 rings (SSSR count). The van der Waals surface area contributed by atoms with Gasteiger partial charge >= 0.3 is 0 Å². The van der Waals surface area contributed by atoms with Crippen LogP contribution < -0.4 is 5.32 Å². The number of nitrogens with one attached hydrogen (secondary N) is 1. The number of aromatic nitrogens is 2. The minimum Gasteiger partial charge on any atom is -0.370 e. The zero-order valence-electron chi connectivity index (χ0n) is 9.35. The molecule has 2 aromatic rings. The monoisotopic (exact) mass is 213 g/mol. The van der Waals surface area contributed by atoms with E-state index in [1.165, 1.54) is 5.56 Å². The topological polar surface area (TPSA) is 29.9 Å². The van der Waals surface area contributed by atoms with Crippen LogP contribution >= 0.6 is 0 Å². The normalized spacial score (nSPS) is 18.9. The molecule has 1 aliphatic rings. The number of anilines is 1. The molecule has 3 nitrogen and oxygen atoms in total. The fourth-order valence-electron chi connectivity index (χ4n) is 2.33. The average molecular weight is 213 g/mol. The van der Waals surface area contributed by atoms with Gasteiger partial charge in [-0.2, -0.15) is 5.10 Å². The number of fused-ring (bicyclic) bond motifs is 1. The SMILES string of the molecule is Cc1cc2n(n1)C(c1ccccc1)CCN2. The van der Waals surface area contributed by atoms with Crippen LogP contribution in [0, 0.1) is 6.92 Å². The second-order valence-corrected chi connectivity index (χ2v) is 4.26. The first kappa shape index (κ1) is 9.46. The number of hydrogen-bond donors (Lipinski definition) is 1. The lowest BCUT2D eigenvalue weighted by atomic mass is 10.0. The molecule has 0 spiro atoms. The minimum atomic E-state index is 0.381. The molecule has 82 valence electrons. The van der Waals surface area contributed by atoms with E-state index in [9.17, 15) is 0 Å². The van der Waals surface area contributed by atoms with Gasteiger partial charge in [-0.25, -0.2) is 4.68 Å². The Morgan fingerprint density at radius 1 is 1.31 bits per heavy atom. The van der Waals surface area contributed by atoms with Gasteiger partial charge in [0.2, 0.25) is 0 Å². The highest BCUT2D eigenvalue weighted by Crippen LogP contribution is 2.29. The fraction of sp³-hybridized carbons (Fsp3) is 0.308. The molecule has 1 N–H and O–H groups in total. The largest absolute Gasteiger partial charge is 0.370 e. The summed E-state index contributed by atoms with van der Waals surface area (Å²) >= 11 is 0. The van der Waals surface area contributed by atoms with Crippen molar-refractivity contribution < 1.29 is 0 Å². The van der Waals surface area contributed by atoms with Crippen LogP contribution in [0.1, 0.15) is 23.7 Å². The van der Waals surface area contributed by atoms with Gasteiger partial charge in [0.25, 0.3) is 0 Å². The van der Waals surface area contributed by atoms with E-state index in [0.29, 0.717) is 6.04 Å². The Balaban J connectivity index is 2.05. The third-order valence-corrected chi connectivity index (χ3v) is 3.06. The molecule has 1 unspecified atom stereocenters. The fourth-order valence-corrected chi connectivity index (χ4v) is 2.33. The van der Waals surface area contributed by atoms with Crippen LogP contribution in [0.3, 0.4) is 0 Å². The van der Waals surface area contributed by atoms with Crippen LogP contribution in [-0.2, 0) is 0 Å². The molecule has 3 heteroatoms. The average Bonchev–Trinajstić information content (AvgIpc) is 2.70. The van der Waals surface area contributed by atoms with E-state index in [0.717, 1.165) is 24.5 Å². The molecule has 0 saturated heterocycles. The number of rotatable bonds is 1. The minimum absolute atomic E-state index is 0.381. The van der Waals surface area contributed by atoms with Crippen molar-refractivity contribution in [1.29, 1.82) is 0 Å². The summed E-state index contributed by atoms with van der Waals surface area (Å²) in [7, 11) is 0. The van der Waals surface area contributed by atoms with E-state index >= 15 is 0 Å². The zero-order chi connectivity index (χ0) is 11.0. The van der Waals surface area contributed by atoms with Crippen molar-refractivity contribution in [2.24, 2.45) is 0 Å². The van der Waals surface area contributed by atoms with Crippen molar-refractivity contribution in [3.8, 4) is 0 Å². The molecule has 0 aliphatic carbocycles. The lowest BCUT2D eigenvalue weighted by Gasteiger charge is -2.25. The Labute approximate surface area is 95.1 Å². The molecule has 0 saturated carbocycles. The van der Waals surface area contributed by atoms with E-state index in [1.807, 2.05) is 6.92 Å². The molecule has 0 amide bonds. The van der Waals surface area contributed by atoms with Gasteiger partial charge in [-0.05, 0) is 18.9 Å². The second kappa shape index (κ2) is 3.67. The highest BCUT2D eigenvalue weighted by molar-refractivity contribution is 5.41. The standard InChI is InChI=1S/C13H15N3/c1-10-9-13-14-8-7-12(16(13)15-10)11-5-3-2-4-6-11/h2-6,9,12,14H,7-8H2,1H3. The van der Waals surface area contributed by atoms with E-state index in [1.54, 1.807) is 0 Å². The molecule has 1 atom stereocenters. The maximum atomic E-state index is 4.56. The first-order valence-corrected chi connectivity index (χ1v) is 5.69. The van der Waals surface area contributed by atoms with Crippen molar-refractivity contribution in [2.45, 2.75) is 19.4 Å². The molecule has 0 fully saturated rings. The number of nitrogens with zero attached hydrogens (tertiary/aromatic N) is 2. The maximum absolute atomic E-state index is 4.56. The first-order chi connectivity index (χ1) is 7.84. The summed E-state index contributed by atoms with van der Waals surface area (Å²) in [6.45, 7) is 3.06. The molecule has 16 heavy (non-hydrogen) atoms. The van der Waals surface area contributed by atoms with Gasteiger partial charge in [0.15, 0.2) is 0 Å². The molecular weight excluding hydrogens is 198 g/mol. The van der Waals surface area contributed by atoms with Crippen LogP contribution in [0.2, 0.25) is 0 Å². The third-order valence-electron chi connectivity index (χ3n) is 3.06. The predicted octanol–water partition coefficient (Wildman–Crippen LogP) is 2.60. The highest BCUT2D eigenvalue weighted by atomic mass is 15.4. The summed E-state index contributed by atoms with van der Waals surface area (Å²) in [5, 5.41) is 7.95. The smallest absolute Gasteiger partial charge is 0.125 e. The van der Waals surface area contributed by atoms with E-state index in [-0.39, 0.29) is 0 Å². The molecule has 2 heterocycles. The Hall–Kier alpha value is -1.77. The summed E-state index contributed by atoms with van der Waals surface area (Å²) in [6, 6.07) is 13.1. The van der Waals surface area contributed by atoms with Crippen molar-refractivity contribution >= 4 is 5.82 Å². The van der Waals surface area contributed by atoms with Gasteiger partial charge in [0, 0.05) is 12.6 Å². The highest BCUT2D eigenvalue weighted by Gasteiger charge is 2.21. The van der Waals surface area contributed by atoms with Crippen molar-refractivity contribution in [3.05, 3.63) is 47.7 Å². The predicted molar refractivity (Wildman–Crippen MR) is 64.7 cm³/mol. The Morgan fingerprint density at radius 3 is 2.94 bits per heavy atom. The maximum Gasteiger partial charge on any atom is 0.125 e. The third kappa shape index (κ3) is 1.48. The van der Waals surface area contributed by atoms with Gasteiger partial charge < -0.3 is 5.32 Å². The number of aryl methyl sites for hydroxylation is 1. The van der Waals surface area contributed by atoms with E-state index in [4.69, 9.17) is 0 Å². The van der Waals surface area contributed by atoms with Gasteiger partial charge in [0.1, 0.15) is 5.82 Å². The summed E-state index contributed by atoms with van der Waals surface area (Å²) in [5.74, 6) is 1.14. The van der Waals surface area contributed by atoms with E-state index < -0.39 is 0 Å². The summed E-state index contributed by atoms with van der Waals surface area (Å²) in [6.07, 6.45) is 1.10. The molecule has 1 aromatic carbocycles. The lowest BCUT2D eigenvalue weighted by Crippen LogP contribution is -2.24. The number of benzene rings is 1. The van der Waals surface area contributed by atoms with Gasteiger partial charge in [-0.1, -0.05) is 30.3 Å². The molecular formula is C13H15N3. The van der Waals surface area contributed by atoms with Crippen LogP contribution in [0.5, 0.6) is 0 Å². The van der Waals surface area contributed by atoms with Gasteiger partial charge in [-0.3, -0.25) is 0 Å². The van der Waals surface area contributed by atoms with Crippen LogP contribution in [-0.4, -0.2) is 16.3 Å². The van der Waals surface area contributed by atoms with Crippen LogP contribution in [0.15, 0.2) is 36.4 Å². The second-order valence-electron chi connectivity index (χ2n) is 4.26. The van der Waals surface area contributed by atoms with Gasteiger partial charge in [0.05, 0.1) is 11.7 Å². The van der Waals surface area contributed by atoms with E-state index in [2.05, 4.69) is 51.5 Å².